The third-order valence-corrected chi connectivity index (χ3v) is 3.18. The predicted molar refractivity (Wildman–Crippen MR) is 59.9 cm³/mol. The van der Waals surface area contributed by atoms with Crippen LogP contribution in [0, 0.1) is 0 Å². The summed E-state index contributed by atoms with van der Waals surface area (Å²) in [6.07, 6.45) is -3.87. The number of hydrogen-bond donors (Lipinski definition) is 1. The minimum atomic E-state index is -4.32. The molecule has 1 rings (SSSR count). The Hall–Kier alpha value is -0.820. The molecule has 0 bridgehead atoms. The van der Waals surface area contributed by atoms with Gasteiger partial charge in [-0.15, -0.1) is 0 Å². The number of halogens is 3. The van der Waals surface area contributed by atoms with Crippen LogP contribution in [0.4, 0.5) is 13.2 Å². The molecule has 0 aromatic heterocycles. The summed E-state index contributed by atoms with van der Waals surface area (Å²) in [5.74, 6) is -0.0897. The van der Waals surface area contributed by atoms with Gasteiger partial charge in [0.1, 0.15) is 6.61 Å². The Bertz CT molecular complexity index is 309. The number of nitrogens with one attached hydrogen (secondary N) is 1. The first kappa shape index (κ1) is 15.2. The normalized spacial score (nSPS) is 29.1. The highest BCUT2D eigenvalue weighted by atomic mass is 19.4. The third-order valence-electron chi connectivity index (χ3n) is 3.18. The number of carbonyl (C=O) groups is 1. The highest BCUT2D eigenvalue weighted by Crippen LogP contribution is 2.23. The van der Waals surface area contributed by atoms with E-state index in [9.17, 15) is 18.0 Å². The van der Waals surface area contributed by atoms with Gasteiger partial charge in [-0.3, -0.25) is 10.1 Å². The van der Waals surface area contributed by atoms with Gasteiger partial charge < -0.3 is 9.64 Å². The SMILES string of the molecule is CCC1(C)NC(C)N(CCOCC(F)(F)F)C1=O. The van der Waals surface area contributed by atoms with Gasteiger partial charge in [0.2, 0.25) is 5.91 Å². The van der Waals surface area contributed by atoms with Crippen molar-refractivity contribution in [2.24, 2.45) is 0 Å². The van der Waals surface area contributed by atoms with Crippen molar-refractivity contribution in [2.75, 3.05) is 19.8 Å². The van der Waals surface area contributed by atoms with E-state index in [0.29, 0.717) is 6.42 Å². The van der Waals surface area contributed by atoms with Crippen molar-refractivity contribution < 1.29 is 22.7 Å². The molecule has 0 aliphatic carbocycles. The average molecular weight is 268 g/mol. The Morgan fingerprint density at radius 1 is 1.50 bits per heavy atom. The Balaban J connectivity index is 2.41. The molecule has 2 atom stereocenters. The van der Waals surface area contributed by atoms with E-state index in [-0.39, 0.29) is 25.2 Å². The molecule has 1 fully saturated rings. The molecule has 4 nitrogen and oxygen atoms in total. The van der Waals surface area contributed by atoms with Crippen molar-refractivity contribution in [3.05, 3.63) is 0 Å². The number of amides is 1. The maximum atomic E-state index is 12.0. The summed E-state index contributed by atoms with van der Waals surface area (Å²) in [4.78, 5) is 13.6. The van der Waals surface area contributed by atoms with Crippen LogP contribution in [0.25, 0.3) is 0 Å². The molecule has 7 heteroatoms. The van der Waals surface area contributed by atoms with Gasteiger partial charge in [0.05, 0.1) is 18.3 Å². The standard InChI is InChI=1S/C11H19F3N2O2/c1-4-10(3)9(17)16(8(2)15-10)5-6-18-7-11(12,13)14/h8,15H,4-7H2,1-3H3. The van der Waals surface area contributed by atoms with Crippen molar-refractivity contribution in [1.29, 1.82) is 0 Å². The maximum absolute atomic E-state index is 12.0. The van der Waals surface area contributed by atoms with Crippen molar-refractivity contribution in [3.8, 4) is 0 Å². The molecule has 1 aliphatic rings. The van der Waals surface area contributed by atoms with Crippen LogP contribution in [-0.2, 0) is 9.53 Å². The van der Waals surface area contributed by atoms with E-state index in [4.69, 9.17) is 0 Å². The molecule has 1 aliphatic heterocycles. The van der Waals surface area contributed by atoms with E-state index < -0.39 is 18.3 Å². The molecule has 0 saturated carbocycles. The second kappa shape index (κ2) is 5.44. The van der Waals surface area contributed by atoms with Gasteiger partial charge in [-0.25, -0.2) is 0 Å². The molecular weight excluding hydrogens is 249 g/mol. The van der Waals surface area contributed by atoms with Crippen LogP contribution in [0.5, 0.6) is 0 Å². The quantitative estimate of drug-likeness (QED) is 0.768. The highest BCUT2D eigenvalue weighted by molar-refractivity contribution is 5.88. The van der Waals surface area contributed by atoms with Crippen LogP contribution in [0.15, 0.2) is 0 Å². The molecule has 1 saturated heterocycles. The Morgan fingerprint density at radius 3 is 2.56 bits per heavy atom. The van der Waals surface area contributed by atoms with Crippen molar-refractivity contribution >= 4 is 5.91 Å². The maximum Gasteiger partial charge on any atom is 0.411 e. The molecule has 1 N–H and O–H groups in total. The number of hydrogen-bond acceptors (Lipinski definition) is 3. The summed E-state index contributed by atoms with van der Waals surface area (Å²) >= 11 is 0. The van der Waals surface area contributed by atoms with Crippen LogP contribution in [0.1, 0.15) is 27.2 Å². The van der Waals surface area contributed by atoms with E-state index in [1.54, 1.807) is 6.92 Å². The van der Waals surface area contributed by atoms with E-state index >= 15 is 0 Å². The molecule has 0 aromatic rings. The molecule has 0 spiro atoms. The number of nitrogens with zero attached hydrogens (tertiary/aromatic N) is 1. The minimum Gasteiger partial charge on any atom is -0.370 e. The van der Waals surface area contributed by atoms with Gasteiger partial charge in [-0.1, -0.05) is 6.92 Å². The average Bonchev–Trinajstić information content (AvgIpc) is 2.46. The molecule has 2 unspecified atom stereocenters. The minimum absolute atomic E-state index is 0.0897. The van der Waals surface area contributed by atoms with Gasteiger partial charge in [-0.05, 0) is 20.3 Å². The lowest BCUT2D eigenvalue weighted by atomic mass is 9.99. The first-order chi connectivity index (χ1) is 8.19. The number of alkyl halides is 3. The number of rotatable bonds is 5. The summed E-state index contributed by atoms with van der Waals surface area (Å²) in [7, 11) is 0. The summed E-state index contributed by atoms with van der Waals surface area (Å²) in [5.41, 5.74) is -0.622. The smallest absolute Gasteiger partial charge is 0.370 e. The molecule has 1 heterocycles. The summed E-state index contributed by atoms with van der Waals surface area (Å²) in [5, 5.41) is 3.14. The molecule has 1 amide bonds. The van der Waals surface area contributed by atoms with Crippen LogP contribution >= 0.6 is 0 Å². The molecule has 0 radical (unpaired) electrons. The molecule has 18 heavy (non-hydrogen) atoms. The van der Waals surface area contributed by atoms with Crippen LogP contribution in [0.2, 0.25) is 0 Å². The summed E-state index contributed by atoms with van der Waals surface area (Å²) in [6.45, 7) is 4.27. The number of carbonyl (C=O) groups excluding carboxylic acids is 1. The largest absolute Gasteiger partial charge is 0.411 e. The molecule has 0 aromatic carbocycles. The van der Waals surface area contributed by atoms with E-state index in [1.807, 2.05) is 13.8 Å². The Morgan fingerprint density at radius 2 is 2.11 bits per heavy atom. The monoisotopic (exact) mass is 268 g/mol. The summed E-state index contributed by atoms with van der Waals surface area (Å²) in [6, 6.07) is 0. The first-order valence-corrected chi connectivity index (χ1v) is 5.93. The van der Waals surface area contributed by atoms with E-state index in [2.05, 4.69) is 10.1 Å². The van der Waals surface area contributed by atoms with E-state index in [0.717, 1.165) is 0 Å². The summed E-state index contributed by atoms with van der Waals surface area (Å²) < 4.78 is 40.1. The van der Waals surface area contributed by atoms with Crippen molar-refractivity contribution in [3.63, 3.8) is 0 Å². The molecule has 106 valence electrons. The lowest BCUT2D eigenvalue weighted by Gasteiger charge is -2.21. The van der Waals surface area contributed by atoms with Gasteiger partial charge in [0.15, 0.2) is 0 Å². The first-order valence-electron chi connectivity index (χ1n) is 5.93. The fourth-order valence-electron chi connectivity index (χ4n) is 1.99. The van der Waals surface area contributed by atoms with E-state index in [1.165, 1.54) is 4.90 Å². The van der Waals surface area contributed by atoms with Crippen LogP contribution in [0.3, 0.4) is 0 Å². The van der Waals surface area contributed by atoms with Crippen molar-refractivity contribution in [2.45, 2.75) is 45.1 Å². The number of ether oxygens (including phenoxy) is 1. The zero-order valence-electron chi connectivity index (χ0n) is 10.8. The fraction of sp³-hybridized carbons (Fsp3) is 0.909. The van der Waals surface area contributed by atoms with Crippen LogP contribution < -0.4 is 5.32 Å². The third kappa shape index (κ3) is 3.58. The predicted octanol–water partition coefficient (Wildman–Crippen LogP) is 1.51. The topological polar surface area (TPSA) is 41.6 Å². The van der Waals surface area contributed by atoms with Gasteiger partial charge in [0.25, 0.3) is 0 Å². The lowest BCUT2D eigenvalue weighted by Crippen LogP contribution is -2.43. The zero-order chi connectivity index (χ0) is 14.0. The Labute approximate surface area is 104 Å². The van der Waals surface area contributed by atoms with Gasteiger partial charge in [-0.2, -0.15) is 13.2 Å². The molecular formula is C11H19F3N2O2. The highest BCUT2D eigenvalue weighted by Gasteiger charge is 2.44. The van der Waals surface area contributed by atoms with Crippen molar-refractivity contribution in [1.82, 2.24) is 10.2 Å². The lowest BCUT2D eigenvalue weighted by molar-refractivity contribution is -0.174. The fourth-order valence-corrected chi connectivity index (χ4v) is 1.99. The van der Waals surface area contributed by atoms with Crippen LogP contribution in [-0.4, -0.2) is 48.4 Å². The second-order valence-corrected chi connectivity index (χ2v) is 4.67. The zero-order valence-corrected chi connectivity index (χ0v) is 10.8. The van der Waals surface area contributed by atoms with Gasteiger partial charge in [0, 0.05) is 6.54 Å². The van der Waals surface area contributed by atoms with Gasteiger partial charge >= 0.3 is 6.18 Å². The Kier molecular flexibility index (Phi) is 4.61. The second-order valence-electron chi connectivity index (χ2n) is 4.67.